The lowest BCUT2D eigenvalue weighted by Crippen LogP contribution is -2.30. The Balaban J connectivity index is 1.27. The SMILES string of the molecule is CC(C)c1ccccc1OC(=O)NC1CC1c1ccc(C(N)=NC=Nc2ccc(OC(F)C(F)F)cc2)cc1. The Morgan fingerprint density at radius 2 is 1.72 bits per heavy atom. The van der Waals surface area contributed by atoms with E-state index in [9.17, 15) is 18.0 Å². The molecule has 10 heteroatoms. The zero-order valence-corrected chi connectivity index (χ0v) is 21.4. The van der Waals surface area contributed by atoms with Crippen LogP contribution in [0.3, 0.4) is 0 Å². The molecule has 0 heterocycles. The second kappa shape index (κ2) is 12.5. The van der Waals surface area contributed by atoms with Crippen molar-refractivity contribution < 1.29 is 27.4 Å². The highest BCUT2D eigenvalue weighted by atomic mass is 19.3. The predicted octanol–water partition coefficient (Wildman–Crippen LogP) is 6.46. The number of carbonyl (C=O) groups excluding carboxylic acids is 1. The Hall–Kier alpha value is -4.34. The number of aliphatic imine (C=N–C) groups is 2. The van der Waals surface area contributed by atoms with Crippen molar-refractivity contribution in [2.75, 3.05) is 0 Å². The number of benzene rings is 3. The molecule has 1 fully saturated rings. The van der Waals surface area contributed by atoms with Crippen molar-refractivity contribution in [1.29, 1.82) is 0 Å². The molecule has 3 aromatic carbocycles. The van der Waals surface area contributed by atoms with Crippen molar-refractivity contribution in [1.82, 2.24) is 5.32 Å². The van der Waals surface area contributed by atoms with Crippen LogP contribution in [0.15, 0.2) is 82.8 Å². The monoisotopic (exact) mass is 538 g/mol. The van der Waals surface area contributed by atoms with Gasteiger partial charge in [0.25, 0.3) is 6.36 Å². The van der Waals surface area contributed by atoms with E-state index in [0.717, 1.165) is 17.5 Å². The Morgan fingerprint density at radius 3 is 2.38 bits per heavy atom. The van der Waals surface area contributed by atoms with Crippen molar-refractivity contribution in [2.24, 2.45) is 15.7 Å². The zero-order chi connectivity index (χ0) is 27.9. The van der Waals surface area contributed by atoms with Crippen LogP contribution in [0.1, 0.15) is 48.8 Å². The number of nitrogens with one attached hydrogen (secondary N) is 1. The smallest absolute Gasteiger partial charge is 0.412 e. The Bertz CT molecular complexity index is 1330. The summed E-state index contributed by atoms with van der Waals surface area (Å²) >= 11 is 0. The van der Waals surface area contributed by atoms with Crippen molar-refractivity contribution in [2.45, 2.75) is 50.9 Å². The highest BCUT2D eigenvalue weighted by Gasteiger charge is 2.40. The van der Waals surface area contributed by atoms with Gasteiger partial charge < -0.3 is 20.5 Å². The van der Waals surface area contributed by atoms with Crippen LogP contribution >= 0.6 is 0 Å². The topological polar surface area (TPSA) is 98.3 Å². The lowest BCUT2D eigenvalue weighted by atomic mass is 10.0. The van der Waals surface area contributed by atoms with Gasteiger partial charge in [0.1, 0.15) is 23.7 Å². The van der Waals surface area contributed by atoms with E-state index in [1.165, 1.54) is 30.6 Å². The first kappa shape index (κ1) is 27.7. The minimum Gasteiger partial charge on any atom is -0.454 e. The number of amides is 1. The molecule has 7 nitrogen and oxygen atoms in total. The van der Waals surface area contributed by atoms with Gasteiger partial charge in [-0.15, -0.1) is 0 Å². The minimum atomic E-state index is -3.22. The average Bonchev–Trinajstić information content (AvgIpc) is 3.68. The van der Waals surface area contributed by atoms with Gasteiger partial charge in [-0.1, -0.05) is 56.3 Å². The fraction of sp³-hybridized carbons (Fsp3) is 0.276. The molecule has 39 heavy (non-hydrogen) atoms. The summed E-state index contributed by atoms with van der Waals surface area (Å²) in [6.07, 6.45) is -4.30. The van der Waals surface area contributed by atoms with Crippen LogP contribution in [0.4, 0.5) is 23.7 Å². The van der Waals surface area contributed by atoms with Gasteiger partial charge in [-0.25, -0.2) is 23.6 Å². The van der Waals surface area contributed by atoms with E-state index in [0.29, 0.717) is 17.0 Å². The molecule has 1 amide bonds. The number of amidine groups is 1. The van der Waals surface area contributed by atoms with E-state index in [1.54, 1.807) is 6.07 Å². The third-order valence-corrected chi connectivity index (χ3v) is 6.16. The number of rotatable bonds is 10. The van der Waals surface area contributed by atoms with Gasteiger partial charge in [-0.05, 0) is 53.8 Å². The number of nitrogens with two attached hydrogens (primary N) is 1. The highest BCUT2D eigenvalue weighted by molar-refractivity contribution is 6.01. The molecule has 3 atom stereocenters. The van der Waals surface area contributed by atoms with Crippen LogP contribution in [0, 0.1) is 0 Å². The molecular weight excluding hydrogens is 509 g/mol. The molecule has 4 rings (SSSR count). The number of hydrogen-bond acceptors (Lipinski definition) is 4. The van der Waals surface area contributed by atoms with Crippen molar-refractivity contribution in [3.8, 4) is 11.5 Å². The first-order chi connectivity index (χ1) is 18.7. The quantitative estimate of drug-likeness (QED) is 0.229. The van der Waals surface area contributed by atoms with Crippen LogP contribution in [-0.4, -0.2) is 37.1 Å². The van der Waals surface area contributed by atoms with Gasteiger partial charge in [0.05, 0.1) is 5.69 Å². The molecule has 3 aromatic rings. The van der Waals surface area contributed by atoms with Crippen molar-refractivity contribution >= 4 is 24.0 Å². The van der Waals surface area contributed by atoms with Crippen molar-refractivity contribution in [3.05, 3.63) is 89.5 Å². The maximum Gasteiger partial charge on any atom is 0.412 e. The molecule has 1 aliphatic carbocycles. The molecule has 0 bridgehead atoms. The van der Waals surface area contributed by atoms with Crippen LogP contribution in [0.5, 0.6) is 11.5 Å². The number of ether oxygens (including phenoxy) is 2. The Morgan fingerprint density at radius 1 is 1.03 bits per heavy atom. The third-order valence-electron chi connectivity index (χ3n) is 6.16. The fourth-order valence-corrected chi connectivity index (χ4v) is 3.98. The summed E-state index contributed by atoms with van der Waals surface area (Å²) < 4.78 is 47.5. The number of carbonyl (C=O) groups is 1. The standard InChI is InChI=1S/C29H29F3N4O3/c1-17(2)22-5-3-4-6-25(22)39-29(37)36-24-15-23(24)18-7-9-19(10-8-18)28(33)35-16-34-20-11-13-21(14-12-20)38-27(32)26(30)31/h3-14,16-17,23-24,26-27H,15H2,1-2H3,(H,36,37)(H2,33,34,35). The lowest BCUT2D eigenvalue weighted by molar-refractivity contribution is -0.0668. The van der Waals surface area contributed by atoms with Crippen LogP contribution in [-0.2, 0) is 0 Å². The molecule has 1 aliphatic rings. The lowest BCUT2D eigenvalue weighted by Gasteiger charge is -2.13. The third kappa shape index (κ3) is 7.59. The second-order valence-corrected chi connectivity index (χ2v) is 9.35. The van der Waals surface area contributed by atoms with Crippen LogP contribution in [0.2, 0.25) is 0 Å². The molecule has 204 valence electrons. The molecule has 0 aliphatic heterocycles. The number of para-hydroxylation sites is 1. The van der Waals surface area contributed by atoms with Crippen molar-refractivity contribution in [3.63, 3.8) is 0 Å². The Labute approximate surface area is 224 Å². The summed E-state index contributed by atoms with van der Waals surface area (Å²) in [4.78, 5) is 20.7. The molecule has 0 aromatic heterocycles. The van der Waals surface area contributed by atoms with E-state index in [4.69, 9.17) is 10.5 Å². The normalized spacial score (nSPS) is 17.9. The van der Waals surface area contributed by atoms with Gasteiger partial charge >= 0.3 is 12.5 Å². The van der Waals surface area contributed by atoms with Gasteiger partial charge in [0, 0.05) is 17.5 Å². The van der Waals surface area contributed by atoms with E-state index in [-0.39, 0.29) is 29.5 Å². The molecule has 3 N–H and O–H groups in total. The summed E-state index contributed by atoms with van der Waals surface area (Å²) in [5.74, 6) is 1.21. The minimum absolute atomic E-state index is 0.00402. The average molecular weight is 539 g/mol. The zero-order valence-electron chi connectivity index (χ0n) is 21.4. The summed E-state index contributed by atoms with van der Waals surface area (Å²) in [6, 6.07) is 20.7. The molecule has 1 saturated carbocycles. The summed E-state index contributed by atoms with van der Waals surface area (Å²) in [5.41, 5.74) is 9.26. The maximum atomic E-state index is 13.0. The summed E-state index contributed by atoms with van der Waals surface area (Å²) in [7, 11) is 0. The number of hydrogen-bond donors (Lipinski definition) is 2. The number of nitrogens with zero attached hydrogens (tertiary/aromatic N) is 2. The van der Waals surface area contributed by atoms with Gasteiger partial charge in [-0.2, -0.15) is 4.39 Å². The van der Waals surface area contributed by atoms with E-state index < -0.39 is 18.9 Å². The molecular formula is C29H29F3N4O3. The predicted molar refractivity (Wildman–Crippen MR) is 144 cm³/mol. The largest absolute Gasteiger partial charge is 0.454 e. The van der Waals surface area contributed by atoms with Gasteiger partial charge in [-0.3, -0.25) is 0 Å². The molecule has 0 spiro atoms. The Kier molecular flexibility index (Phi) is 8.85. The summed E-state index contributed by atoms with van der Waals surface area (Å²) in [5, 5.41) is 2.93. The summed E-state index contributed by atoms with van der Waals surface area (Å²) in [6.45, 7) is 4.10. The fourth-order valence-electron chi connectivity index (χ4n) is 3.98. The van der Waals surface area contributed by atoms with E-state index in [1.807, 2.05) is 56.3 Å². The van der Waals surface area contributed by atoms with Crippen LogP contribution in [0.25, 0.3) is 0 Å². The first-order valence-electron chi connectivity index (χ1n) is 12.4. The molecule has 0 saturated heterocycles. The first-order valence-corrected chi connectivity index (χ1v) is 12.4. The molecule has 0 radical (unpaired) electrons. The number of alkyl halides is 3. The number of halogens is 3. The molecule has 3 unspecified atom stereocenters. The van der Waals surface area contributed by atoms with Crippen LogP contribution < -0.4 is 20.5 Å². The highest BCUT2D eigenvalue weighted by Crippen LogP contribution is 2.41. The van der Waals surface area contributed by atoms with E-state index >= 15 is 0 Å². The van der Waals surface area contributed by atoms with E-state index in [2.05, 4.69) is 20.0 Å². The van der Waals surface area contributed by atoms with Gasteiger partial charge in [0.2, 0.25) is 0 Å². The van der Waals surface area contributed by atoms with Gasteiger partial charge in [0.15, 0.2) is 0 Å². The second-order valence-electron chi connectivity index (χ2n) is 9.35. The maximum absolute atomic E-state index is 13.0.